The molecule has 0 saturated carbocycles. The maximum atomic E-state index is 5.13. The first-order chi connectivity index (χ1) is 27.2. The van der Waals surface area contributed by atoms with Gasteiger partial charge in [0.2, 0.25) is 0 Å². The predicted octanol–water partition coefficient (Wildman–Crippen LogP) is 13.9. The molecule has 0 amide bonds. The van der Waals surface area contributed by atoms with Gasteiger partial charge < -0.3 is 0 Å². The van der Waals surface area contributed by atoms with E-state index in [9.17, 15) is 0 Å². The van der Waals surface area contributed by atoms with Gasteiger partial charge in [-0.2, -0.15) is 0 Å². The van der Waals surface area contributed by atoms with Crippen molar-refractivity contribution in [3.63, 3.8) is 0 Å². The summed E-state index contributed by atoms with van der Waals surface area (Å²) in [4.78, 5) is 15.2. The normalized spacial score (nSPS) is 11.3. The third-order valence-corrected chi connectivity index (χ3v) is 11.3. The highest BCUT2D eigenvalue weighted by atomic mass is 32.1. The molecule has 0 aliphatic heterocycles. The number of hydrogen-bond donors (Lipinski definition) is 0. The second-order valence-electron chi connectivity index (χ2n) is 13.6. The molecule has 10 aromatic rings. The first-order valence-electron chi connectivity index (χ1n) is 18.4. The van der Waals surface area contributed by atoms with Crippen molar-refractivity contribution < 1.29 is 0 Å². The zero-order valence-electron chi connectivity index (χ0n) is 29.8. The molecule has 0 aliphatic rings. The van der Waals surface area contributed by atoms with Crippen molar-refractivity contribution in [2.75, 3.05) is 0 Å². The van der Waals surface area contributed by atoms with Crippen molar-refractivity contribution in [2.45, 2.75) is 0 Å². The van der Waals surface area contributed by atoms with E-state index in [0.717, 1.165) is 33.4 Å². The van der Waals surface area contributed by atoms with Gasteiger partial charge in [0.25, 0.3) is 0 Å². The molecule has 0 N–H and O–H groups in total. The molecular formula is C51H33N3S. The Hall–Kier alpha value is -7.01. The second kappa shape index (κ2) is 14.1. The summed E-state index contributed by atoms with van der Waals surface area (Å²) in [5.74, 6) is 1.92. The standard InChI is InChI=1S/C51H33N3S/c1-6-17-34(18-7-1)39-29-41(31-42(30-39)51-53-49(37-23-12-4-13-24-37)52-50(54-51)38-25-14-5-15-26-38)43-27-16-28-44-47-45(36-21-10-3-11-22-36)32-40(33-46(47)55-48(43)44)35-19-8-2-9-20-35/h1-33H. The minimum atomic E-state index is 0.633. The number of hydrogen-bond acceptors (Lipinski definition) is 4. The van der Waals surface area contributed by atoms with Crippen LogP contribution in [0.4, 0.5) is 0 Å². The average Bonchev–Trinajstić information content (AvgIpc) is 3.66. The largest absolute Gasteiger partial charge is 0.208 e. The molecule has 2 heterocycles. The molecule has 0 radical (unpaired) electrons. The van der Waals surface area contributed by atoms with Crippen LogP contribution in [0.5, 0.6) is 0 Å². The Balaban J connectivity index is 1.22. The van der Waals surface area contributed by atoms with Crippen LogP contribution in [0, 0.1) is 0 Å². The van der Waals surface area contributed by atoms with Gasteiger partial charge in [0, 0.05) is 36.9 Å². The van der Waals surface area contributed by atoms with E-state index in [2.05, 4.69) is 164 Å². The number of nitrogens with zero attached hydrogens (tertiary/aromatic N) is 3. The molecule has 0 atom stereocenters. The quantitative estimate of drug-likeness (QED) is 0.165. The molecule has 4 heteroatoms. The highest BCUT2D eigenvalue weighted by molar-refractivity contribution is 7.26. The van der Waals surface area contributed by atoms with E-state index in [1.54, 1.807) is 0 Å². The lowest BCUT2D eigenvalue weighted by atomic mass is 9.92. The number of benzene rings is 8. The Morgan fingerprint density at radius 2 is 0.727 bits per heavy atom. The zero-order chi connectivity index (χ0) is 36.6. The van der Waals surface area contributed by atoms with Crippen LogP contribution in [-0.4, -0.2) is 15.0 Å². The highest BCUT2D eigenvalue weighted by Gasteiger charge is 2.19. The van der Waals surface area contributed by atoms with Gasteiger partial charge in [-0.1, -0.05) is 170 Å². The van der Waals surface area contributed by atoms with E-state index >= 15 is 0 Å². The number of rotatable bonds is 7. The SMILES string of the molecule is c1ccc(-c2cc(-c3nc(-c4ccccc4)nc(-c4ccccc4)n3)cc(-c3cccc4c3sc3cc(-c5ccccc5)cc(-c5ccccc5)c34)c2)cc1. The van der Waals surface area contributed by atoms with Gasteiger partial charge in [-0.25, -0.2) is 15.0 Å². The second-order valence-corrected chi connectivity index (χ2v) is 14.7. The van der Waals surface area contributed by atoms with E-state index in [4.69, 9.17) is 15.0 Å². The summed E-state index contributed by atoms with van der Waals surface area (Å²) in [5.41, 5.74) is 12.2. The van der Waals surface area contributed by atoms with E-state index in [-0.39, 0.29) is 0 Å². The smallest absolute Gasteiger partial charge is 0.164 e. The number of thiophene rings is 1. The van der Waals surface area contributed by atoms with Crippen molar-refractivity contribution >= 4 is 31.5 Å². The maximum absolute atomic E-state index is 5.13. The van der Waals surface area contributed by atoms with Crippen molar-refractivity contribution in [3.05, 3.63) is 200 Å². The topological polar surface area (TPSA) is 38.7 Å². The van der Waals surface area contributed by atoms with Crippen molar-refractivity contribution in [2.24, 2.45) is 0 Å². The molecular weight excluding hydrogens is 687 g/mol. The van der Waals surface area contributed by atoms with Gasteiger partial charge in [-0.3, -0.25) is 0 Å². The lowest BCUT2D eigenvalue weighted by molar-refractivity contribution is 1.07. The summed E-state index contributed by atoms with van der Waals surface area (Å²) in [6.07, 6.45) is 0. The number of fused-ring (bicyclic) bond motifs is 3. The Labute approximate surface area is 323 Å². The van der Waals surface area contributed by atoms with Gasteiger partial charge in [0.05, 0.1) is 0 Å². The summed E-state index contributed by atoms with van der Waals surface area (Å²) < 4.78 is 2.52. The van der Waals surface area contributed by atoms with Crippen molar-refractivity contribution in [1.29, 1.82) is 0 Å². The van der Waals surface area contributed by atoms with Crippen LogP contribution in [0.25, 0.3) is 98.8 Å². The van der Waals surface area contributed by atoms with Gasteiger partial charge in [-0.05, 0) is 74.8 Å². The van der Waals surface area contributed by atoms with E-state index in [1.165, 1.54) is 48.0 Å². The van der Waals surface area contributed by atoms with Crippen LogP contribution in [0.1, 0.15) is 0 Å². The summed E-state index contributed by atoms with van der Waals surface area (Å²) in [6, 6.07) is 70.5. The molecule has 258 valence electrons. The molecule has 55 heavy (non-hydrogen) atoms. The molecule has 0 fully saturated rings. The van der Waals surface area contributed by atoms with Crippen LogP contribution in [0.2, 0.25) is 0 Å². The van der Waals surface area contributed by atoms with Gasteiger partial charge in [-0.15, -0.1) is 11.3 Å². The predicted molar refractivity (Wildman–Crippen MR) is 231 cm³/mol. The lowest BCUT2D eigenvalue weighted by Gasteiger charge is -2.13. The minimum absolute atomic E-state index is 0.633. The molecule has 8 aromatic carbocycles. The fourth-order valence-electron chi connectivity index (χ4n) is 7.44. The van der Waals surface area contributed by atoms with Gasteiger partial charge in [0.1, 0.15) is 0 Å². The first kappa shape index (κ1) is 32.6. The molecule has 0 aliphatic carbocycles. The lowest BCUT2D eigenvalue weighted by Crippen LogP contribution is -2.00. The Kier molecular flexibility index (Phi) is 8.36. The zero-order valence-corrected chi connectivity index (χ0v) is 30.6. The highest BCUT2D eigenvalue weighted by Crippen LogP contribution is 2.46. The summed E-state index contributed by atoms with van der Waals surface area (Å²) in [5, 5.41) is 2.53. The summed E-state index contributed by atoms with van der Waals surface area (Å²) >= 11 is 1.86. The number of aromatic nitrogens is 3. The van der Waals surface area contributed by atoms with Crippen molar-refractivity contribution in [3.8, 4) is 78.7 Å². The maximum Gasteiger partial charge on any atom is 0.164 e. The third-order valence-electron chi connectivity index (χ3n) is 10.1. The molecule has 0 spiro atoms. The molecule has 10 rings (SSSR count). The van der Waals surface area contributed by atoms with Crippen LogP contribution in [-0.2, 0) is 0 Å². The third kappa shape index (κ3) is 6.29. The van der Waals surface area contributed by atoms with Gasteiger partial charge in [0.15, 0.2) is 17.5 Å². The van der Waals surface area contributed by atoms with Crippen LogP contribution >= 0.6 is 11.3 Å². The Bertz CT molecular complexity index is 2890. The van der Waals surface area contributed by atoms with E-state index in [1.807, 2.05) is 47.7 Å². The summed E-state index contributed by atoms with van der Waals surface area (Å²) in [7, 11) is 0. The molecule has 0 unspecified atom stereocenters. The molecule has 3 nitrogen and oxygen atoms in total. The fraction of sp³-hybridized carbons (Fsp3) is 0. The monoisotopic (exact) mass is 719 g/mol. The Morgan fingerprint density at radius 3 is 1.27 bits per heavy atom. The summed E-state index contributed by atoms with van der Waals surface area (Å²) in [6.45, 7) is 0. The van der Waals surface area contributed by atoms with Crippen LogP contribution < -0.4 is 0 Å². The van der Waals surface area contributed by atoms with Gasteiger partial charge >= 0.3 is 0 Å². The average molecular weight is 720 g/mol. The van der Waals surface area contributed by atoms with E-state index in [0.29, 0.717) is 17.5 Å². The van der Waals surface area contributed by atoms with E-state index < -0.39 is 0 Å². The van der Waals surface area contributed by atoms with Crippen LogP contribution in [0.3, 0.4) is 0 Å². The fourth-order valence-corrected chi connectivity index (χ4v) is 8.75. The Morgan fingerprint density at radius 1 is 0.291 bits per heavy atom. The van der Waals surface area contributed by atoms with Crippen LogP contribution in [0.15, 0.2) is 200 Å². The molecule has 2 aromatic heterocycles. The minimum Gasteiger partial charge on any atom is -0.208 e. The molecule has 0 saturated heterocycles. The first-order valence-corrected chi connectivity index (χ1v) is 19.3. The molecule has 0 bridgehead atoms. The van der Waals surface area contributed by atoms with Crippen molar-refractivity contribution in [1.82, 2.24) is 15.0 Å².